The predicted octanol–water partition coefficient (Wildman–Crippen LogP) is 2.42. The van der Waals surface area contributed by atoms with Crippen LogP contribution < -0.4 is 5.73 Å². The smallest absolute Gasteiger partial charge is 0.192 e. The van der Waals surface area contributed by atoms with E-state index in [1.54, 1.807) is 0 Å². The van der Waals surface area contributed by atoms with Gasteiger partial charge in [-0.15, -0.1) is 0 Å². The first-order chi connectivity index (χ1) is 7.29. The Bertz CT molecular complexity index is 448. The van der Waals surface area contributed by atoms with Gasteiger partial charge in [0.25, 0.3) is 0 Å². The molecule has 0 fully saturated rings. The molecule has 0 amide bonds. The SMILES string of the molecule is Cc1nc2ccc(CCCCN)cc2o1. The molecule has 80 valence electrons. The molecule has 2 rings (SSSR count). The van der Waals surface area contributed by atoms with Crippen molar-refractivity contribution in [2.45, 2.75) is 26.2 Å². The molecule has 1 aromatic carbocycles. The van der Waals surface area contributed by atoms with Crippen LogP contribution in [-0.4, -0.2) is 11.5 Å². The summed E-state index contributed by atoms with van der Waals surface area (Å²) in [5, 5.41) is 0. The van der Waals surface area contributed by atoms with Gasteiger partial charge in [-0.05, 0) is 43.5 Å². The summed E-state index contributed by atoms with van der Waals surface area (Å²) < 4.78 is 5.48. The van der Waals surface area contributed by atoms with E-state index in [2.05, 4.69) is 17.1 Å². The number of nitrogens with two attached hydrogens (primary N) is 1. The normalized spacial score (nSPS) is 11.1. The van der Waals surface area contributed by atoms with Crippen molar-refractivity contribution in [2.24, 2.45) is 5.73 Å². The minimum absolute atomic E-state index is 0.726. The van der Waals surface area contributed by atoms with Crippen molar-refractivity contribution in [2.75, 3.05) is 6.54 Å². The van der Waals surface area contributed by atoms with Crippen LogP contribution in [0, 0.1) is 6.92 Å². The highest BCUT2D eigenvalue weighted by atomic mass is 16.3. The van der Waals surface area contributed by atoms with Gasteiger partial charge in [0.2, 0.25) is 0 Å². The summed E-state index contributed by atoms with van der Waals surface area (Å²) in [4.78, 5) is 4.26. The van der Waals surface area contributed by atoms with Crippen LogP contribution in [0.15, 0.2) is 22.6 Å². The zero-order valence-corrected chi connectivity index (χ0v) is 8.99. The van der Waals surface area contributed by atoms with Gasteiger partial charge in [0, 0.05) is 6.92 Å². The Kier molecular flexibility index (Phi) is 3.02. The number of hydrogen-bond acceptors (Lipinski definition) is 3. The molecule has 0 aliphatic heterocycles. The number of fused-ring (bicyclic) bond motifs is 1. The summed E-state index contributed by atoms with van der Waals surface area (Å²) in [7, 11) is 0. The topological polar surface area (TPSA) is 52.0 Å². The lowest BCUT2D eigenvalue weighted by atomic mass is 10.1. The third-order valence-corrected chi connectivity index (χ3v) is 2.48. The molecule has 2 N–H and O–H groups in total. The number of aromatic nitrogens is 1. The molecule has 0 radical (unpaired) electrons. The van der Waals surface area contributed by atoms with E-state index in [0.29, 0.717) is 0 Å². The minimum atomic E-state index is 0.726. The van der Waals surface area contributed by atoms with Crippen LogP contribution in [0.4, 0.5) is 0 Å². The van der Waals surface area contributed by atoms with E-state index >= 15 is 0 Å². The maximum atomic E-state index is 5.48. The van der Waals surface area contributed by atoms with Crippen molar-refractivity contribution in [3.8, 4) is 0 Å². The number of rotatable bonds is 4. The lowest BCUT2D eigenvalue weighted by Crippen LogP contribution is -1.98. The fourth-order valence-corrected chi connectivity index (χ4v) is 1.71. The Hall–Kier alpha value is -1.35. The second kappa shape index (κ2) is 4.45. The van der Waals surface area contributed by atoms with Crippen molar-refractivity contribution in [1.29, 1.82) is 0 Å². The van der Waals surface area contributed by atoms with Crippen LogP contribution in [0.3, 0.4) is 0 Å². The van der Waals surface area contributed by atoms with E-state index < -0.39 is 0 Å². The molecule has 0 unspecified atom stereocenters. The van der Waals surface area contributed by atoms with Crippen LogP contribution in [0.2, 0.25) is 0 Å². The summed E-state index contributed by atoms with van der Waals surface area (Å²) in [6.45, 7) is 2.64. The zero-order chi connectivity index (χ0) is 10.7. The van der Waals surface area contributed by atoms with Gasteiger partial charge < -0.3 is 10.2 Å². The minimum Gasteiger partial charge on any atom is -0.441 e. The molecule has 0 atom stereocenters. The molecule has 15 heavy (non-hydrogen) atoms. The molecule has 0 saturated heterocycles. The summed E-state index contributed by atoms with van der Waals surface area (Å²) >= 11 is 0. The highest BCUT2D eigenvalue weighted by Crippen LogP contribution is 2.17. The van der Waals surface area contributed by atoms with Crippen molar-refractivity contribution >= 4 is 11.1 Å². The van der Waals surface area contributed by atoms with Crippen molar-refractivity contribution in [1.82, 2.24) is 4.98 Å². The van der Waals surface area contributed by atoms with Gasteiger partial charge in [-0.1, -0.05) is 6.07 Å². The molecular weight excluding hydrogens is 188 g/mol. The number of hydrogen-bond donors (Lipinski definition) is 1. The second-order valence-electron chi connectivity index (χ2n) is 3.78. The molecule has 0 saturated carbocycles. The van der Waals surface area contributed by atoms with Gasteiger partial charge in [0.15, 0.2) is 11.5 Å². The lowest BCUT2D eigenvalue weighted by molar-refractivity contribution is 0.560. The van der Waals surface area contributed by atoms with Crippen LogP contribution in [0.1, 0.15) is 24.3 Å². The Morgan fingerprint density at radius 1 is 1.33 bits per heavy atom. The molecule has 0 aliphatic carbocycles. The van der Waals surface area contributed by atoms with Crippen LogP contribution in [0.25, 0.3) is 11.1 Å². The molecule has 1 aromatic heterocycles. The lowest BCUT2D eigenvalue weighted by Gasteiger charge is -1.99. The fraction of sp³-hybridized carbons (Fsp3) is 0.417. The third-order valence-electron chi connectivity index (χ3n) is 2.48. The summed E-state index contributed by atoms with van der Waals surface area (Å²) in [5.74, 6) is 0.726. The Balaban J connectivity index is 2.15. The zero-order valence-electron chi connectivity index (χ0n) is 8.99. The Morgan fingerprint density at radius 3 is 3.00 bits per heavy atom. The van der Waals surface area contributed by atoms with Crippen molar-refractivity contribution in [3.05, 3.63) is 29.7 Å². The average molecular weight is 204 g/mol. The summed E-state index contributed by atoms with van der Waals surface area (Å²) in [5.41, 5.74) is 8.58. The van der Waals surface area contributed by atoms with E-state index in [9.17, 15) is 0 Å². The standard InChI is InChI=1S/C12H16N2O/c1-9-14-11-6-5-10(4-2-3-7-13)8-12(11)15-9/h5-6,8H,2-4,7,13H2,1H3. The van der Waals surface area contributed by atoms with Gasteiger partial charge in [-0.2, -0.15) is 0 Å². The maximum Gasteiger partial charge on any atom is 0.192 e. The molecule has 3 heteroatoms. The molecule has 0 bridgehead atoms. The Labute approximate surface area is 89.3 Å². The highest BCUT2D eigenvalue weighted by molar-refractivity contribution is 5.73. The number of nitrogens with zero attached hydrogens (tertiary/aromatic N) is 1. The summed E-state index contributed by atoms with van der Waals surface area (Å²) in [6, 6.07) is 6.20. The Morgan fingerprint density at radius 2 is 2.20 bits per heavy atom. The number of aryl methyl sites for hydroxylation is 2. The van der Waals surface area contributed by atoms with Gasteiger partial charge in [-0.25, -0.2) is 4.98 Å². The summed E-state index contributed by atoms with van der Waals surface area (Å²) in [6.07, 6.45) is 3.27. The maximum absolute atomic E-state index is 5.48. The molecule has 1 heterocycles. The average Bonchev–Trinajstić information content (AvgIpc) is 2.57. The monoisotopic (exact) mass is 204 g/mol. The molecule has 0 spiro atoms. The van der Waals surface area contributed by atoms with Crippen molar-refractivity contribution in [3.63, 3.8) is 0 Å². The largest absolute Gasteiger partial charge is 0.441 e. The van der Waals surface area contributed by atoms with E-state index in [4.69, 9.17) is 10.2 Å². The molecule has 2 aromatic rings. The fourth-order valence-electron chi connectivity index (χ4n) is 1.71. The molecule has 0 aliphatic rings. The second-order valence-corrected chi connectivity index (χ2v) is 3.78. The van der Waals surface area contributed by atoms with E-state index in [1.165, 1.54) is 5.56 Å². The quantitative estimate of drug-likeness (QED) is 0.778. The van der Waals surface area contributed by atoms with Gasteiger partial charge in [-0.3, -0.25) is 0 Å². The molecule has 3 nitrogen and oxygen atoms in total. The highest BCUT2D eigenvalue weighted by Gasteiger charge is 2.02. The number of unbranched alkanes of at least 4 members (excludes halogenated alkanes) is 1. The third kappa shape index (κ3) is 2.36. The van der Waals surface area contributed by atoms with E-state index in [0.717, 1.165) is 42.8 Å². The first-order valence-electron chi connectivity index (χ1n) is 5.36. The molecular formula is C12H16N2O. The number of oxazole rings is 1. The van der Waals surface area contributed by atoms with Gasteiger partial charge in [0.1, 0.15) is 5.52 Å². The van der Waals surface area contributed by atoms with Crippen LogP contribution in [-0.2, 0) is 6.42 Å². The van der Waals surface area contributed by atoms with E-state index in [1.807, 2.05) is 13.0 Å². The van der Waals surface area contributed by atoms with Crippen molar-refractivity contribution < 1.29 is 4.42 Å². The van der Waals surface area contributed by atoms with Crippen LogP contribution >= 0.6 is 0 Å². The van der Waals surface area contributed by atoms with E-state index in [-0.39, 0.29) is 0 Å². The number of benzene rings is 1. The first-order valence-corrected chi connectivity index (χ1v) is 5.36. The predicted molar refractivity (Wildman–Crippen MR) is 60.7 cm³/mol. The van der Waals surface area contributed by atoms with Gasteiger partial charge in [0.05, 0.1) is 0 Å². The van der Waals surface area contributed by atoms with Gasteiger partial charge >= 0.3 is 0 Å². The van der Waals surface area contributed by atoms with Crippen LogP contribution in [0.5, 0.6) is 0 Å². The first kappa shape index (κ1) is 10.2.